The van der Waals surface area contributed by atoms with E-state index in [9.17, 15) is 4.79 Å². The largest absolute Gasteiger partial charge is 0.454 e. The second kappa shape index (κ2) is 5.38. The van der Waals surface area contributed by atoms with Crippen LogP contribution in [0.15, 0.2) is 40.8 Å². The van der Waals surface area contributed by atoms with E-state index in [1.807, 2.05) is 12.1 Å². The van der Waals surface area contributed by atoms with Crippen LogP contribution >= 0.6 is 0 Å². The number of nitrogen functional groups attached to an aromatic ring is 1. The number of hydrogen-bond acceptors (Lipinski definition) is 4. The zero-order valence-electron chi connectivity index (χ0n) is 11.1. The molecule has 0 aliphatic carbocycles. The molecule has 5 heteroatoms. The molecule has 0 atom stereocenters. The van der Waals surface area contributed by atoms with E-state index in [0.717, 1.165) is 25.1 Å². The van der Waals surface area contributed by atoms with Crippen molar-refractivity contribution in [1.82, 2.24) is 5.43 Å². The predicted octanol–water partition coefficient (Wildman–Crippen LogP) is 1.84. The van der Waals surface area contributed by atoms with Gasteiger partial charge in [0.05, 0.1) is 6.54 Å². The number of hydrazine groups is 1. The Hall–Kier alpha value is -2.27. The van der Waals surface area contributed by atoms with Crippen LogP contribution < -0.4 is 16.2 Å². The molecular formula is C15H17N3O2. The van der Waals surface area contributed by atoms with Gasteiger partial charge in [-0.2, -0.15) is 0 Å². The van der Waals surface area contributed by atoms with Gasteiger partial charge in [-0.1, -0.05) is 18.2 Å². The molecule has 1 amide bonds. The van der Waals surface area contributed by atoms with E-state index in [4.69, 9.17) is 10.3 Å². The normalized spacial score (nSPS) is 13.9. The molecular weight excluding hydrogens is 254 g/mol. The topological polar surface area (TPSA) is 71.5 Å². The van der Waals surface area contributed by atoms with Crippen LogP contribution in [0.1, 0.15) is 28.3 Å². The van der Waals surface area contributed by atoms with Crippen molar-refractivity contribution in [3.8, 4) is 0 Å². The van der Waals surface area contributed by atoms with E-state index in [1.165, 1.54) is 11.3 Å². The summed E-state index contributed by atoms with van der Waals surface area (Å²) in [7, 11) is 0. The molecule has 2 heterocycles. The minimum Gasteiger partial charge on any atom is -0.454 e. The van der Waals surface area contributed by atoms with Gasteiger partial charge in [-0.3, -0.25) is 10.2 Å². The molecule has 3 rings (SSSR count). The van der Waals surface area contributed by atoms with Gasteiger partial charge in [0.25, 0.3) is 0 Å². The molecule has 0 fully saturated rings. The molecule has 0 saturated heterocycles. The van der Waals surface area contributed by atoms with Crippen molar-refractivity contribution in [2.24, 2.45) is 5.84 Å². The first kappa shape index (κ1) is 12.7. The van der Waals surface area contributed by atoms with Crippen LogP contribution in [0.25, 0.3) is 0 Å². The highest BCUT2D eigenvalue weighted by Crippen LogP contribution is 2.28. The Kier molecular flexibility index (Phi) is 3.43. The Labute approximate surface area is 117 Å². The monoisotopic (exact) mass is 271 g/mol. The summed E-state index contributed by atoms with van der Waals surface area (Å²) >= 11 is 0. The quantitative estimate of drug-likeness (QED) is 0.507. The lowest BCUT2D eigenvalue weighted by Gasteiger charge is -2.30. The molecule has 0 spiro atoms. The summed E-state index contributed by atoms with van der Waals surface area (Å²) in [6.07, 6.45) is 2.25. The third kappa shape index (κ3) is 2.40. The summed E-state index contributed by atoms with van der Waals surface area (Å²) in [5, 5.41) is 0. The van der Waals surface area contributed by atoms with Crippen molar-refractivity contribution >= 4 is 11.6 Å². The molecule has 0 unspecified atom stereocenters. The Morgan fingerprint density at radius 2 is 2.15 bits per heavy atom. The number of carbonyl (C=O) groups is 1. The van der Waals surface area contributed by atoms with Gasteiger partial charge >= 0.3 is 5.91 Å². The van der Waals surface area contributed by atoms with Crippen LogP contribution in [0, 0.1) is 0 Å². The number of carbonyl (C=O) groups excluding carboxylic acids is 1. The smallest absolute Gasteiger partial charge is 0.300 e. The third-order valence-corrected chi connectivity index (χ3v) is 3.57. The van der Waals surface area contributed by atoms with Crippen LogP contribution in [-0.2, 0) is 13.0 Å². The number of nitrogens with zero attached hydrogens (tertiary/aromatic N) is 1. The average Bonchev–Trinajstić information content (AvgIpc) is 2.95. The maximum atomic E-state index is 11.4. The lowest BCUT2D eigenvalue weighted by molar-refractivity contribution is 0.0924. The fourth-order valence-electron chi connectivity index (χ4n) is 2.62. The number of furan rings is 1. The fraction of sp³-hybridized carbons (Fsp3) is 0.267. The maximum Gasteiger partial charge on any atom is 0.300 e. The average molecular weight is 271 g/mol. The van der Waals surface area contributed by atoms with Crippen molar-refractivity contribution in [2.75, 3.05) is 11.4 Å². The minimum atomic E-state index is -0.407. The van der Waals surface area contributed by atoms with E-state index in [1.54, 1.807) is 6.07 Å². The van der Waals surface area contributed by atoms with Gasteiger partial charge in [0.15, 0.2) is 5.76 Å². The number of benzene rings is 1. The van der Waals surface area contributed by atoms with E-state index < -0.39 is 5.91 Å². The molecule has 1 aliphatic rings. The van der Waals surface area contributed by atoms with Gasteiger partial charge in [0, 0.05) is 12.2 Å². The number of fused-ring (bicyclic) bond motifs is 1. The van der Waals surface area contributed by atoms with Crippen LogP contribution in [0.4, 0.5) is 5.69 Å². The first-order chi connectivity index (χ1) is 9.78. The van der Waals surface area contributed by atoms with Crippen LogP contribution in [0.2, 0.25) is 0 Å². The van der Waals surface area contributed by atoms with Gasteiger partial charge in [0.1, 0.15) is 5.76 Å². The maximum absolute atomic E-state index is 11.4. The molecule has 0 radical (unpaired) electrons. The summed E-state index contributed by atoms with van der Waals surface area (Å²) in [6, 6.07) is 11.9. The number of aryl methyl sites for hydroxylation is 1. The first-order valence-corrected chi connectivity index (χ1v) is 6.70. The van der Waals surface area contributed by atoms with Crippen molar-refractivity contribution < 1.29 is 9.21 Å². The van der Waals surface area contributed by atoms with Crippen molar-refractivity contribution in [2.45, 2.75) is 19.4 Å². The number of rotatable bonds is 3. The zero-order chi connectivity index (χ0) is 13.9. The summed E-state index contributed by atoms with van der Waals surface area (Å²) < 4.78 is 5.52. The number of amides is 1. The molecule has 104 valence electrons. The predicted molar refractivity (Wildman–Crippen MR) is 76.2 cm³/mol. The van der Waals surface area contributed by atoms with Crippen LogP contribution in [-0.4, -0.2) is 12.5 Å². The van der Waals surface area contributed by atoms with Crippen molar-refractivity contribution in [3.63, 3.8) is 0 Å². The Bertz CT molecular complexity index is 621. The number of nitrogens with one attached hydrogen (secondary N) is 1. The van der Waals surface area contributed by atoms with Crippen LogP contribution in [0.3, 0.4) is 0 Å². The summed E-state index contributed by atoms with van der Waals surface area (Å²) in [4.78, 5) is 13.7. The standard InChI is InChI=1S/C15H17N3O2/c16-17-15(19)14-8-7-12(20-14)10-18-9-3-5-11-4-1-2-6-13(11)18/h1-2,4,6-8H,3,5,9-10,16H2,(H,17,19). The third-order valence-electron chi connectivity index (χ3n) is 3.57. The summed E-state index contributed by atoms with van der Waals surface area (Å²) in [5.41, 5.74) is 4.68. The summed E-state index contributed by atoms with van der Waals surface area (Å²) in [5.74, 6) is 5.69. The fourth-order valence-corrected chi connectivity index (χ4v) is 2.62. The number of para-hydroxylation sites is 1. The van der Waals surface area contributed by atoms with Gasteiger partial charge in [-0.15, -0.1) is 0 Å². The second-order valence-electron chi connectivity index (χ2n) is 4.89. The number of nitrogens with two attached hydrogens (primary N) is 1. The molecule has 0 bridgehead atoms. The van der Waals surface area contributed by atoms with Crippen LogP contribution in [0.5, 0.6) is 0 Å². The SMILES string of the molecule is NNC(=O)c1ccc(CN2CCCc3ccccc32)o1. The van der Waals surface area contributed by atoms with E-state index in [2.05, 4.69) is 28.5 Å². The van der Waals surface area contributed by atoms with Gasteiger partial charge in [-0.05, 0) is 36.6 Å². The lowest BCUT2D eigenvalue weighted by atomic mass is 10.0. The Morgan fingerprint density at radius 3 is 3.00 bits per heavy atom. The highest BCUT2D eigenvalue weighted by atomic mass is 16.4. The second-order valence-corrected chi connectivity index (χ2v) is 4.89. The molecule has 1 aliphatic heterocycles. The van der Waals surface area contributed by atoms with E-state index >= 15 is 0 Å². The highest BCUT2D eigenvalue weighted by Gasteiger charge is 2.18. The lowest BCUT2D eigenvalue weighted by Crippen LogP contribution is -2.30. The van der Waals surface area contributed by atoms with E-state index in [0.29, 0.717) is 6.54 Å². The highest BCUT2D eigenvalue weighted by molar-refractivity contribution is 5.90. The Balaban J connectivity index is 1.79. The van der Waals surface area contributed by atoms with Gasteiger partial charge in [0.2, 0.25) is 0 Å². The van der Waals surface area contributed by atoms with E-state index in [-0.39, 0.29) is 5.76 Å². The molecule has 20 heavy (non-hydrogen) atoms. The molecule has 2 aromatic rings. The number of hydrogen-bond donors (Lipinski definition) is 2. The van der Waals surface area contributed by atoms with Crippen molar-refractivity contribution in [1.29, 1.82) is 0 Å². The van der Waals surface area contributed by atoms with Gasteiger partial charge < -0.3 is 9.32 Å². The molecule has 1 aromatic heterocycles. The number of anilines is 1. The van der Waals surface area contributed by atoms with Crippen molar-refractivity contribution in [3.05, 3.63) is 53.5 Å². The molecule has 3 N–H and O–H groups in total. The summed E-state index contributed by atoms with van der Waals surface area (Å²) in [6.45, 7) is 1.66. The van der Waals surface area contributed by atoms with Gasteiger partial charge in [-0.25, -0.2) is 5.84 Å². The zero-order valence-corrected chi connectivity index (χ0v) is 11.1. The molecule has 0 saturated carbocycles. The molecule has 1 aromatic carbocycles. The Morgan fingerprint density at radius 1 is 1.30 bits per heavy atom. The molecule has 5 nitrogen and oxygen atoms in total. The minimum absolute atomic E-state index is 0.243. The first-order valence-electron chi connectivity index (χ1n) is 6.70.